The normalized spacial score (nSPS) is 17.6. The van der Waals surface area contributed by atoms with E-state index in [1.165, 1.54) is 104 Å². The number of hydrogen-bond acceptors (Lipinski definition) is 22. The summed E-state index contributed by atoms with van der Waals surface area (Å²) >= 11 is 0. The fourth-order valence-electron chi connectivity index (χ4n) is 13.6. The Kier molecular flexibility index (Phi) is 37.3. The Balaban J connectivity index is 1.13. The summed E-state index contributed by atoms with van der Waals surface area (Å²) in [4.78, 5) is 239. The first-order valence-corrected chi connectivity index (χ1v) is 40.3. The summed E-state index contributed by atoms with van der Waals surface area (Å²) in [5.41, 5.74) is 7.80. The van der Waals surface area contributed by atoms with Gasteiger partial charge in [0.05, 0.1) is 31.3 Å². The van der Waals surface area contributed by atoms with E-state index in [1.807, 2.05) is 0 Å². The fraction of sp³-hybridized carbons (Fsp3) is 0.575. The molecule has 0 saturated carbocycles. The first-order chi connectivity index (χ1) is 56.7. The van der Waals surface area contributed by atoms with Crippen molar-refractivity contribution in [3.8, 4) is 11.5 Å². The van der Waals surface area contributed by atoms with Crippen LogP contribution in [-0.4, -0.2) is 260 Å². The predicted octanol–water partition coefficient (Wildman–Crippen LogP) is -2.26. The highest BCUT2D eigenvalue weighted by Crippen LogP contribution is 2.25. The van der Waals surface area contributed by atoms with Crippen LogP contribution in [0.5, 0.6) is 11.5 Å². The molecule has 21 N–H and O–H groups in total. The van der Waals surface area contributed by atoms with Gasteiger partial charge < -0.3 is 115 Å². The van der Waals surface area contributed by atoms with E-state index in [1.54, 1.807) is 55.4 Å². The van der Waals surface area contributed by atoms with Crippen molar-refractivity contribution in [3.05, 3.63) is 96.1 Å². The van der Waals surface area contributed by atoms with Crippen molar-refractivity contribution < 1.29 is 102 Å². The Hall–Kier alpha value is -12.1. The van der Waals surface area contributed by atoms with Crippen molar-refractivity contribution in [2.75, 3.05) is 19.6 Å². The summed E-state index contributed by atoms with van der Waals surface area (Å²) in [6.45, 7) is 16.7. The highest BCUT2D eigenvalue weighted by Gasteiger charge is 2.44. The number of carboxylic acids is 2. The van der Waals surface area contributed by atoms with Crippen LogP contribution in [0.1, 0.15) is 156 Å². The van der Waals surface area contributed by atoms with E-state index in [2.05, 4.69) is 83.7 Å². The lowest BCUT2D eigenvalue weighted by atomic mass is 9.96. The second kappa shape index (κ2) is 46.3. The van der Waals surface area contributed by atoms with Crippen LogP contribution >= 0.6 is 0 Å². The van der Waals surface area contributed by atoms with Gasteiger partial charge in [-0.15, -0.1) is 0 Å². The Morgan fingerprint density at radius 3 is 1.40 bits per heavy atom. The van der Waals surface area contributed by atoms with E-state index >= 15 is 0 Å². The summed E-state index contributed by atoms with van der Waals surface area (Å²) in [7, 11) is 0. The number of nitrogens with one attached hydrogen (secondary N) is 14. The molecule has 40 heteroatoms. The fourth-order valence-corrected chi connectivity index (χ4v) is 13.6. The molecule has 0 radical (unpaired) electrons. The Labute approximate surface area is 694 Å². The summed E-state index contributed by atoms with van der Waals surface area (Å²) in [5, 5.41) is 81.4. The molecule has 2 aromatic carbocycles. The predicted molar refractivity (Wildman–Crippen MR) is 431 cm³/mol. The zero-order chi connectivity index (χ0) is 88.9. The Morgan fingerprint density at radius 2 is 0.917 bits per heavy atom. The SMILES string of the molecule is CC[C@H](C)[C@H](NC(=O)[C@H](C)NC(=O)[C@H](Cc1cnc[nH]1)NC(=O)[C@@H]1CCCN1C(=O)[C@H](CC(C)C)NC(=O)[C@H](C)NC(=O)[C@H](Cc1ccc(O)cc1)NC(=O)CNC(=O)[C@H](CCC(=O)O)NC(=O)[C@H](Cc1ccc(O)cc1)NC(=O)[C@@H](NC(=O)[C@@H]1CCCN1C(=O)[C@@H](NC(=O)[C@@H](NC(=O)[C@@H](N)Cc1cnc[nH]1)[C@@H](C)O)C(C)C)[C@@H](C)CC)C(=O)O. The minimum Gasteiger partial charge on any atom is -0.508 e. The first-order valence-electron chi connectivity index (χ1n) is 40.3. The van der Waals surface area contributed by atoms with Crippen LogP contribution in [0.3, 0.4) is 0 Å². The quantitative estimate of drug-likeness (QED) is 0.0222. The molecule has 2 fully saturated rings. The number of likely N-dealkylation sites (tertiary alicyclic amines) is 2. The highest BCUT2D eigenvalue weighted by atomic mass is 16.4. The number of amides is 14. The largest absolute Gasteiger partial charge is 0.508 e. The molecule has 120 heavy (non-hydrogen) atoms. The van der Waals surface area contributed by atoms with Crippen LogP contribution in [-0.2, 0) is 102 Å². The number of carbonyl (C=O) groups excluding carboxylic acids is 14. The third-order valence-electron chi connectivity index (χ3n) is 21.0. The number of phenolic OH excluding ortho intramolecular Hbond substituents is 2. The lowest BCUT2D eigenvalue weighted by Gasteiger charge is -2.33. The average Bonchev–Trinajstić information content (AvgIpc) is 1.56. The second-order valence-electron chi connectivity index (χ2n) is 31.4. The van der Waals surface area contributed by atoms with Crippen LogP contribution in [0, 0.1) is 23.7 Å². The summed E-state index contributed by atoms with van der Waals surface area (Å²) in [6, 6.07) is -8.24. The summed E-state index contributed by atoms with van der Waals surface area (Å²) in [5.74, 6) is -17.0. The molecule has 6 rings (SSSR count). The molecule has 14 amide bonds. The average molecular weight is 1680 g/mol. The number of H-pyrrole nitrogens is 2. The number of nitrogens with zero attached hydrogens (tertiary/aromatic N) is 4. The van der Waals surface area contributed by atoms with Crippen molar-refractivity contribution >= 4 is 94.6 Å². The van der Waals surface area contributed by atoms with Gasteiger partial charge in [0.25, 0.3) is 0 Å². The molecule has 40 nitrogen and oxygen atoms in total. The molecule has 0 bridgehead atoms. The van der Waals surface area contributed by atoms with E-state index < -0.39 is 222 Å². The van der Waals surface area contributed by atoms with Gasteiger partial charge in [-0.05, 0) is 118 Å². The van der Waals surface area contributed by atoms with Crippen LogP contribution < -0.4 is 69.5 Å². The van der Waals surface area contributed by atoms with Crippen molar-refractivity contribution in [2.45, 2.75) is 250 Å². The van der Waals surface area contributed by atoms with E-state index in [-0.39, 0.29) is 81.9 Å². The lowest BCUT2D eigenvalue weighted by Crippen LogP contribution is -2.62. The number of carboxylic acid groups (broad SMARTS) is 2. The molecule has 4 aromatic rings. The third-order valence-corrected chi connectivity index (χ3v) is 21.0. The molecule has 2 saturated heterocycles. The van der Waals surface area contributed by atoms with Crippen molar-refractivity contribution in [3.63, 3.8) is 0 Å². The zero-order valence-electron chi connectivity index (χ0n) is 69.3. The number of aliphatic carboxylic acids is 2. The molecule has 0 spiro atoms. The lowest BCUT2D eigenvalue weighted by molar-refractivity contribution is -0.144. The van der Waals surface area contributed by atoms with Gasteiger partial charge in [0, 0.05) is 69.0 Å². The maximum Gasteiger partial charge on any atom is 0.326 e. The van der Waals surface area contributed by atoms with Crippen LogP contribution in [0.15, 0.2) is 73.6 Å². The van der Waals surface area contributed by atoms with Gasteiger partial charge in [-0.2, -0.15) is 0 Å². The number of aromatic amines is 2. The highest BCUT2D eigenvalue weighted by molar-refractivity contribution is 6.01. The number of imidazole rings is 2. The molecule has 2 aliphatic heterocycles. The molecule has 17 atom stereocenters. The molecule has 2 aromatic heterocycles. The number of aliphatic hydroxyl groups is 1. The minimum absolute atomic E-state index is 0.0218. The number of aromatic hydroxyl groups is 2. The van der Waals surface area contributed by atoms with Gasteiger partial charge in [-0.25, -0.2) is 14.8 Å². The summed E-state index contributed by atoms with van der Waals surface area (Å²) < 4.78 is 0. The molecular formula is C80H117N19O21. The number of aliphatic hydroxyl groups excluding tert-OH is 1. The van der Waals surface area contributed by atoms with Gasteiger partial charge in [0.15, 0.2) is 0 Å². The van der Waals surface area contributed by atoms with Crippen molar-refractivity contribution in [1.29, 1.82) is 0 Å². The minimum atomic E-state index is -1.74. The maximum absolute atomic E-state index is 14.7. The molecule has 0 unspecified atom stereocenters. The van der Waals surface area contributed by atoms with Gasteiger partial charge in [-0.3, -0.25) is 71.9 Å². The van der Waals surface area contributed by atoms with Gasteiger partial charge >= 0.3 is 11.9 Å². The van der Waals surface area contributed by atoms with E-state index in [9.17, 15) is 102 Å². The van der Waals surface area contributed by atoms with Crippen LogP contribution in [0.4, 0.5) is 0 Å². The topological polar surface area (TPSA) is 608 Å². The number of aromatic nitrogens is 4. The van der Waals surface area contributed by atoms with Gasteiger partial charge in [0.1, 0.15) is 90.0 Å². The number of rotatable bonds is 46. The first kappa shape index (κ1) is 96.7. The molecule has 2 aliphatic rings. The number of carbonyl (C=O) groups is 16. The number of hydrogen-bond donors (Lipinski definition) is 20. The van der Waals surface area contributed by atoms with Gasteiger partial charge in [0.2, 0.25) is 82.7 Å². The molecule has 4 heterocycles. The monoisotopic (exact) mass is 1680 g/mol. The third kappa shape index (κ3) is 29.2. The Morgan fingerprint density at radius 1 is 0.475 bits per heavy atom. The second-order valence-corrected chi connectivity index (χ2v) is 31.4. The summed E-state index contributed by atoms with van der Waals surface area (Å²) in [6.07, 6.45) is 3.78. The van der Waals surface area contributed by atoms with Crippen LogP contribution in [0.2, 0.25) is 0 Å². The van der Waals surface area contributed by atoms with Crippen molar-refractivity contribution in [2.24, 2.45) is 29.4 Å². The smallest absolute Gasteiger partial charge is 0.326 e. The number of nitrogens with two attached hydrogens (primary N) is 1. The van der Waals surface area contributed by atoms with E-state index in [4.69, 9.17) is 5.73 Å². The van der Waals surface area contributed by atoms with Crippen molar-refractivity contribution in [1.82, 2.24) is 93.5 Å². The van der Waals surface area contributed by atoms with Crippen LogP contribution in [0.25, 0.3) is 0 Å². The van der Waals surface area contributed by atoms with Gasteiger partial charge in [-0.1, -0.05) is 92.5 Å². The molecular weight excluding hydrogens is 1560 g/mol. The molecule has 658 valence electrons. The van der Waals surface area contributed by atoms with E-state index in [0.717, 1.165) is 0 Å². The maximum atomic E-state index is 14.7. The Bertz CT molecular complexity index is 4190. The number of phenols is 2. The number of benzene rings is 2. The van der Waals surface area contributed by atoms with E-state index in [0.29, 0.717) is 41.8 Å². The zero-order valence-corrected chi connectivity index (χ0v) is 69.3. The standard InChI is InChI=1S/C80H117N19O21/c1-12-42(7)64(95-75(114)60-17-15-29-99(60)79(118)63(41(5)6)94-77(116)66(46(11)100)97-69(108)53(81)33-49-35-82-38-85-49)76(115)92-56(32-48-20-24-52(102)25-21-48)73(112)90-54(26-27-62(104)105)70(109)84-37-61(103)89-55(31-47-18-22-51(101)23-19-47)71(110)87-44(9)67(106)93-58(30-40(3)4)78(117)98-28-14-16-59(98)74(113)91-57(34-50-36-83-39-86-50)72(111)88-45(10)68(107)96-65(80(119)120)43(8)13-2/h18-25,35-36,38-46,53-60,63-66,100-102H,12-17,26-34,37,81H2,1-11H3,(H,82,85)(H,83,86)(H,84,109)(H,87,110)(H,88,111)(H,89,103)(H,90,112)(H,91,113)(H,92,115)(H,93,106)(H,94,116)(H,95,114)(H,96,107)(H,97,108)(H,104,105)(H,119,120)/t42-,43-,44-,45-,46+,53-,54-,55-,56-,57-,58-,59-,60-,63-,64-,65-,66-/m0/s1. The molecule has 0 aliphatic carbocycles.